The number of hydrogen-bond donors (Lipinski definition) is 1. The maximum Gasteiger partial charge on any atom is 0.303 e. The molecule has 0 saturated carbocycles. The average molecular weight is 213 g/mol. The van der Waals surface area contributed by atoms with Gasteiger partial charge in [-0.2, -0.15) is 0 Å². The molecular weight excluding hydrogens is 190 g/mol. The molecule has 3 heteroatoms. The van der Waals surface area contributed by atoms with E-state index in [1.54, 1.807) is 0 Å². The maximum absolute atomic E-state index is 10.4. The van der Waals surface area contributed by atoms with Gasteiger partial charge in [0.2, 0.25) is 0 Å². The third-order valence-electron chi connectivity index (χ3n) is 3.32. The summed E-state index contributed by atoms with van der Waals surface area (Å²) in [6.07, 6.45) is 4.99. The number of hydrogen-bond acceptors (Lipinski definition) is 2. The molecule has 1 aliphatic heterocycles. The van der Waals surface area contributed by atoms with Crippen LogP contribution in [0.15, 0.2) is 0 Å². The van der Waals surface area contributed by atoms with Gasteiger partial charge in [-0.25, -0.2) is 0 Å². The second-order valence-corrected chi connectivity index (χ2v) is 4.88. The molecule has 2 unspecified atom stereocenters. The predicted octanol–water partition coefficient (Wildman–Crippen LogP) is 2.36. The maximum atomic E-state index is 10.4. The van der Waals surface area contributed by atoms with E-state index in [4.69, 9.17) is 5.11 Å². The molecule has 2 atom stereocenters. The molecule has 0 amide bonds. The molecule has 0 bridgehead atoms. The summed E-state index contributed by atoms with van der Waals surface area (Å²) in [5.41, 5.74) is 0. The van der Waals surface area contributed by atoms with Crippen LogP contribution >= 0.6 is 0 Å². The highest BCUT2D eigenvalue weighted by atomic mass is 16.4. The van der Waals surface area contributed by atoms with E-state index in [1.165, 1.54) is 19.3 Å². The van der Waals surface area contributed by atoms with Gasteiger partial charge in [-0.1, -0.05) is 13.3 Å². The molecule has 0 aromatic rings. The zero-order valence-corrected chi connectivity index (χ0v) is 9.91. The van der Waals surface area contributed by atoms with Crippen LogP contribution in [-0.4, -0.2) is 35.1 Å². The predicted molar refractivity (Wildman–Crippen MR) is 60.9 cm³/mol. The van der Waals surface area contributed by atoms with E-state index in [9.17, 15) is 4.79 Å². The summed E-state index contributed by atoms with van der Waals surface area (Å²) in [6, 6.07) is 0.628. The number of likely N-dealkylation sites (tertiary alicyclic amines) is 1. The van der Waals surface area contributed by atoms with Crippen molar-refractivity contribution in [3.05, 3.63) is 0 Å². The van der Waals surface area contributed by atoms with Gasteiger partial charge < -0.3 is 10.0 Å². The quantitative estimate of drug-likeness (QED) is 0.779. The van der Waals surface area contributed by atoms with Gasteiger partial charge in [-0.05, 0) is 38.6 Å². The highest BCUT2D eigenvalue weighted by Crippen LogP contribution is 2.20. The van der Waals surface area contributed by atoms with E-state index < -0.39 is 5.97 Å². The Hall–Kier alpha value is -0.570. The fourth-order valence-corrected chi connectivity index (χ4v) is 2.36. The van der Waals surface area contributed by atoms with Crippen LogP contribution in [0.4, 0.5) is 0 Å². The van der Waals surface area contributed by atoms with E-state index in [0.717, 1.165) is 25.4 Å². The molecule has 15 heavy (non-hydrogen) atoms. The monoisotopic (exact) mass is 213 g/mol. The second kappa shape index (κ2) is 6.11. The molecule has 1 aliphatic rings. The lowest BCUT2D eigenvalue weighted by molar-refractivity contribution is -0.137. The zero-order valence-electron chi connectivity index (χ0n) is 9.91. The summed E-state index contributed by atoms with van der Waals surface area (Å²) in [5.74, 6) is 0.0882. The van der Waals surface area contributed by atoms with E-state index >= 15 is 0 Å². The lowest BCUT2D eigenvalue weighted by atomic mass is 10.1. The Morgan fingerprint density at radius 2 is 2.13 bits per heavy atom. The van der Waals surface area contributed by atoms with Crippen LogP contribution in [0.2, 0.25) is 0 Å². The van der Waals surface area contributed by atoms with E-state index in [1.807, 2.05) is 0 Å². The van der Waals surface area contributed by atoms with Crippen LogP contribution in [0, 0.1) is 5.92 Å². The minimum atomic E-state index is -0.675. The van der Waals surface area contributed by atoms with Crippen molar-refractivity contribution in [3.8, 4) is 0 Å². The van der Waals surface area contributed by atoms with Gasteiger partial charge in [0.1, 0.15) is 0 Å². The molecule has 1 heterocycles. The summed E-state index contributed by atoms with van der Waals surface area (Å²) in [4.78, 5) is 12.9. The summed E-state index contributed by atoms with van der Waals surface area (Å²) in [7, 11) is 0. The first-order valence-electron chi connectivity index (χ1n) is 6.05. The number of aliphatic carboxylic acids is 1. The van der Waals surface area contributed by atoms with Crippen LogP contribution in [0.5, 0.6) is 0 Å². The third kappa shape index (κ3) is 4.65. The first kappa shape index (κ1) is 12.5. The molecule has 1 rings (SSSR count). The standard InChI is InChI=1S/C12H23NO2/c1-10-5-3-6-11(2)13(9-10)8-4-7-12(14)15/h10-11H,3-9H2,1-2H3,(H,14,15). The van der Waals surface area contributed by atoms with Crippen LogP contribution in [-0.2, 0) is 4.79 Å². The number of nitrogens with zero attached hydrogens (tertiary/aromatic N) is 1. The van der Waals surface area contributed by atoms with Crippen molar-refractivity contribution in [1.29, 1.82) is 0 Å². The largest absolute Gasteiger partial charge is 0.481 e. The molecule has 0 aliphatic carbocycles. The lowest BCUT2D eigenvalue weighted by Crippen LogP contribution is -2.35. The van der Waals surface area contributed by atoms with Gasteiger partial charge >= 0.3 is 5.97 Å². The Labute approximate surface area is 92.5 Å². The average Bonchev–Trinajstić information content (AvgIpc) is 2.29. The van der Waals surface area contributed by atoms with Gasteiger partial charge in [-0.3, -0.25) is 4.79 Å². The topological polar surface area (TPSA) is 40.5 Å². The highest BCUT2D eigenvalue weighted by molar-refractivity contribution is 5.66. The molecule has 88 valence electrons. The van der Waals surface area contributed by atoms with Gasteiger partial charge in [0, 0.05) is 19.0 Å². The van der Waals surface area contributed by atoms with Crippen molar-refractivity contribution in [3.63, 3.8) is 0 Å². The number of carboxylic acids is 1. The molecule has 0 radical (unpaired) electrons. The van der Waals surface area contributed by atoms with Crippen molar-refractivity contribution in [1.82, 2.24) is 4.90 Å². The molecule has 1 saturated heterocycles. The SMILES string of the molecule is CC1CCCC(C)N(CCCC(=O)O)C1. The first-order chi connectivity index (χ1) is 7.09. The Bertz CT molecular complexity index is 206. The van der Waals surface area contributed by atoms with Crippen LogP contribution in [0.25, 0.3) is 0 Å². The Balaban J connectivity index is 2.32. The minimum Gasteiger partial charge on any atom is -0.481 e. The zero-order chi connectivity index (χ0) is 11.3. The third-order valence-corrected chi connectivity index (χ3v) is 3.32. The fraction of sp³-hybridized carbons (Fsp3) is 0.917. The van der Waals surface area contributed by atoms with Gasteiger partial charge in [0.25, 0.3) is 0 Å². The van der Waals surface area contributed by atoms with Crippen molar-refractivity contribution < 1.29 is 9.90 Å². The molecule has 0 spiro atoms. The van der Waals surface area contributed by atoms with E-state index in [-0.39, 0.29) is 0 Å². The number of rotatable bonds is 4. The molecule has 3 nitrogen and oxygen atoms in total. The highest BCUT2D eigenvalue weighted by Gasteiger charge is 2.20. The Morgan fingerprint density at radius 3 is 2.80 bits per heavy atom. The Morgan fingerprint density at radius 1 is 1.40 bits per heavy atom. The molecule has 0 aromatic heterocycles. The second-order valence-electron chi connectivity index (χ2n) is 4.88. The summed E-state index contributed by atoms with van der Waals surface area (Å²) >= 11 is 0. The molecule has 1 fully saturated rings. The molecule has 0 aromatic carbocycles. The normalized spacial score (nSPS) is 28.7. The molecular formula is C12H23NO2. The van der Waals surface area contributed by atoms with Crippen LogP contribution in [0.1, 0.15) is 46.0 Å². The van der Waals surface area contributed by atoms with Crippen LogP contribution < -0.4 is 0 Å². The van der Waals surface area contributed by atoms with Gasteiger partial charge in [-0.15, -0.1) is 0 Å². The minimum absolute atomic E-state index is 0.303. The number of carbonyl (C=O) groups is 1. The van der Waals surface area contributed by atoms with Crippen molar-refractivity contribution in [2.24, 2.45) is 5.92 Å². The van der Waals surface area contributed by atoms with E-state index in [2.05, 4.69) is 18.7 Å². The smallest absolute Gasteiger partial charge is 0.303 e. The fourth-order valence-electron chi connectivity index (χ4n) is 2.36. The van der Waals surface area contributed by atoms with Gasteiger partial charge in [0.05, 0.1) is 0 Å². The lowest BCUT2D eigenvalue weighted by Gasteiger charge is -2.28. The van der Waals surface area contributed by atoms with Crippen molar-refractivity contribution in [2.75, 3.05) is 13.1 Å². The van der Waals surface area contributed by atoms with Crippen molar-refractivity contribution in [2.45, 2.75) is 52.0 Å². The Kier molecular flexibility index (Phi) is 5.09. The van der Waals surface area contributed by atoms with Crippen molar-refractivity contribution >= 4 is 5.97 Å². The molecule has 1 N–H and O–H groups in total. The van der Waals surface area contributed by atoms with Gasteiger partial charge in [0.15, 0.2) is 0 Å². The number of carboxylic acid groups (broad SMARTS) is 1. The first-order valence-corrected chi connectivity index (χ1v) is 6.05. The summed E-state index contributed by atoms with van der Waals surface area (Å²) in [6.45, 7) is 6.64. The summed E-state index contributed by atoms with van der Waals surface area (Å²) < 4.78 is 0. The van der Waals surface area contributed by atoms with Crippen LogP contribution in [0.3, 0.4) is 0 Å². The van der Waals surface area contributed by atoms with E-state index in [0.29, 0.717) is 12.5 Å². The summed E-state index contributed by atoms with van der Waals surface area (Å²) in [5, 5.41) is 8.60.